The molecule has 0 fully saturated rings. The van der Waals surface area contributed by atoms with E-state index in [-0.39, 0.29) is 12.6 Å². The van der Waals surface area contributed by atoms with E-state index in [2.05, 4.69) is 17.0 Å². The molecule has 0 radical (unpaired) electrons. The largest absolute Gasteiger partial charge is 0.482 e. The Hall–Kier alpha value is -2.08. The average Bonchev–Trinajstić information content (AvgIpc) is 2.65. The van der Waals surface area contributed by atoms with E-state index in [1.54, 1.807) is 12.1 Å². The number of aliphatic hydroxyl groups excluding tert-OH is 1. The van der Waals surface area contributed by atoms with Crippen molar-refractivity contribution in [3.05, 3.63) is 64.7 Å². The first-order valence-electron chi connectivity index (χ1n) is 8.43. The van der Waals surface area contributed by atoms with Gasteiger partial charge in [0, 0.05) is 17.6 Å². The van der Waals surface area contributed by atoms with Crippen molar-refractivity contribution in [1.82, 2.24) is 5.32 Å². The van der Waals surface area contributed by atoms with Crippen molar-refractivity contribution in [3.63, 3.8) is 0 Å². The molecule has 2 N–H and O–H groups in total. The Morgan fingerprint density at radius 2 is 1.81 bits per heavy atom. The molecule has 2 atom stereocenters. The lowest BCUT2D eigenvalue weighted by Crippen LogP contribution is -2.32. The molecule has 0 spiro atoms. The van der Waals surface area contributed by atoms with Gasteiger partial charge in [0.2, 0.25) is 0 Å². The molecule has 2 aromatic carbocycles. The summed E-state index contributed by atoms with van der Waals surface area (Å²) in [6, 6.07) is 15.0. The Bertz CT molecular complexity index is 688. The van der Waals surface area contributed by atoms with E-state index in [0.717, 1.165) is 17.5 Å². The maximum Gasteiger partial charge on any atom is 0.343 e. The number of carbonyl (C=O) groups excluding carboxylic acids is 1. The summed E-state index contributed by atoms with van der Waals surface area (Å²) in [7, 11) is 1.33. The summed E-state index contributed by atoms with van der Waals surface area (Å²) in [5.74, 6) is 0.212. The van der Waals surface area contributed by atoms with Gasteiger partial charge in [0.1, 0.15) is 5.75 Å². The molecule has 6 heteroatoms. The van der Waals surface area contributed by atoms with Gasteiger partial charge in [-0.1, -0.05) is 35.9 Å². The van der Waals surface area contributed by atoms with Crippen molar-refractivity contribution < 1.29 is 19.4 Å². The lowest BCUT2D eigenvalue weighted by Gasteiger charge is -2.18. The number of methoxy groups -OCH3 is 1. The average molecular weight is 378 g/mol. The molecule has 0 amide bonds. The summed E-state index contributed by atoms with van der Waals surface area (Å²) in [4.78, 5) is 11.1. The van der Waals surface area contributed by atoms with Gasteiger partial charge in [-0.15, -0.1) is 0 Å². The smallest absolute Gasteiger partial charge is 0.343 e. The van der Waals surface area contributed by atoms with Crippen LogP contribution in [0.3, 0.4) is 0 Å². The number of hydrogen-bond acceptors (Lipinski definition) is 5. The van der Waals surface area contributed by atoms with Crippen LogP contribution in [0.2, 0.25) is 5.02 Å². The Morgan fingerprint density at radius 3 is 2.42 bits per heavy atom. The summed E-state index contributed by atoms with van der Waals surface area (Å²) in [5, 5.41) is 14.2. The van der Waals surface area contributed by atoms with E-state index in [1.165, 1.54) is 7.11 Å². The number of esters is 1. The van der Waals surface area contributed by atoms with Crippen LogP contribution < -0.4 is 10.1 Å². The van der Waals surface area contributed by atoms with Gasteiger partial charge < -0.3 is 19.9 Å². The third-order valence-electron chi connectivity index (χ3n) is 3.96. The van der Waals surface area contributed by atoms with Gasteiger partial charge in [-0.3, -0.25) is 0 Å². The lowest BCUT2D eigenvalue weighted by molar-refractivity contribution is -0.142. The second kappa shape index (κ2) is 10.2. The highest BCUT2D eigenvalue weighted by molar-refractivity contribution is 6.30. The fourth-order valence-electron chi connectivity index (χ4n) is 2.46. The highest BCUT2D eigenvalue weighted by atomic mass is 35.5. The quantitative estimate of drug-likeness (QED) is 0.657. The number of rotatable bonds is 9. The number of halogens is 1. The van der Waals surface area contributed by atoms with Gasteiger partial charge >= 0.3 is 5.97 Å². The van der Waals surface area contributed by atoms with Crippen LogP contribution in [0.15, 0.2) is 48.5 Å². The highest BCUT2D eigenvalue weighted by Crippen LogP contribution is 2.17. The molecule has 0 aliphatic carbocycles. The zero-order valence-electron chi connectivity index (χ0n) is 14.9. The Labute approximate surface area is 158 Å². The van der Waals surface area contributed by atoms with E-state index in [0.29, 0.717) is 17.3 Å². The van der Waals surface area contributed by atoms with Crippen LogP contribution >= 0.6 is 11.6 Å². The lowest BCUT2D eigenvalue weighted by atomic mass is 10.1. The van der Waals surface area contributed by atoms with Crippen LogP contribution in [0.4, 0.5) is 0 Å². The predicted molar refractivity (Wildman–Crippen MR) is 102 cm³/mol. The molecule has 0 aliphatic heterocycles. The molecule has 0 bridgehead atoms. The van der Waals surface area contributed by atoms with Gasteiger partial charge in [0.15, 0.2) is 6.61 Å². The second-order valence-electron chi connectivity index (χ2n) is 6.09. The monoisotopic (exact) mass is 377 g/mol. The highest BCUT2D eigenvalue weighted by Gasteiger charge is 2.10. The molecule has 140 valence electrons. The molecule has 2 rings (SSSR count). The van der Waals surface area contributed by atoms with E-state index < -0.39 is 12.1 Å². The molecular formula is C20H24ClNO4. The molecule has 2 aromatic rings. The van der Waals surface area contributed by atoms with Crippen molar-refractivity contribution >= 4 is 17.6 Å². The fraction of sp³-hybridized carbons (Fsp3) is 0.350. The van der Waals surface area contributed by atoms with Crippen molar-refractivity contribution in [1.29, 1.82) is 0 Å². The Balaban J connectivity index is 1.77. The van der Waals surface area contributed by atoms with Crippen molar-refractivity contribution in [3.8, 4) is 5.75 Å². The molecule has 0 saturated heterocycles. The summed E-state index contributed by atoms with van der Waals surface area (Å²) >= 11 is 5.86. The maximum absolute atomic E-state index is 11.1. The van der Waals surface area contributed by atoms with Gasteiger partial charge in [-0.25, -0.2) is 4.79 Å². The number of aliphatic hydroxyl groups is 1. The summed E-state index contributed by atoms with van der Waals surface area (Å²) in [6.45, 7) is 2.43. The zero-order chi connectivity index (χ0) is 18.9. The van der Waals surface area contributed by atoms with Crippen molar-refractivity contribution in [2.75, 3.05) is 20.3 Å². The minimum Gasteiger partial charge on any atom is -0.482 e. The fourth-order valence-corrected chi connectivity index (χ4v) is 2.59. The third kappa shape index (κ3) is 6.67. The topological polar surface area (TPSA) is 67.8 Å². The van der Waals surface area contributed by atoms with Crippen LogP contribution in [0.1, 0.15) is 24.2 Å². The Kier molecular flexibility index (Phi) is 7.91. The van der Waals surface area contributed by atoms with Crippen molar-refractivity contribution in [2.45, 2.75) is 25.5 Å². The first-order chi connectivity index (χ1) is 12.5. The molecule has 0 unspecified atom stereocenters. The number of ether oxygens (including phenoxy) is 2. The first-order valence-corrected chi connectivity index (χ1v) is 8.81. The van der Waals surface area contributed by atoms with Crippen molar-refractivity contribution in [2.24, 2.45) is 0 Å². The van der Waals surface area contributed by atoms with Gasteiger partial charge in [-0.05, 0) is 48.7 Å². The van der Waals surface area contributed by atoms with Crippen LogP contribution in [-0.4, -0.2) is 37.4 Å². The van der Waals surface area contributed by atoms with E-state index in [1.807, 2.05) is 36.4 Å². The van der Waals surface area contributed by atoms with Crippen LogP contribution in [-0.2, 0) is 16.0 Å². The number of hydrogen-bond donors (Lipinski definition) is 2. The van der Waals surface area contributed by atoms with E-state index in [9.17, 15) is 9.90 Å². The number of carbonyl (C=O) groups is 1. The normalized spacial score (nSPS) is 13.1. The van der Waals surface area contributed by atoms with E-state index >= 15 is 0 Å². The molecule has 0 heterocycles. The third-order valence-corrected chi connectivity index (χ3v) is 4.22. The zero-order valence-corrected chi connectivity index (χ0v) is 15.7. The van der Waals surface area contributed by atoms with Crippen LogP contribution in [0, 0.1) is 0 Å². The molecule has 0 saturated carbocycles. The molecule has 5 nitrogen and oxygen atoms in total. The van der Waals surface area contributed by atoms with E-state index in [4.69, 9.17) is 16.3 Å². The Morgan fingerprint density at radius 1 is 1.15 bits per heavy atom. The standard InChI is InChI=1S/C20H24ClNO4/c1-14(22-12-19(23)16-5-7-17(21)8-6-16)11-15-3-9-18(10-4-15)26-13-20(24)25-2/h3-10,14,19,22-23H,11-13H2,1-2H3/t14-,19+/m1/s1. The number of nitrogens with one attached hydrogen (secondary N) is 1. The minimum absolute atomic E-state index is 0.101. The van der Waals surface area contributed by atoms with Gasteiger partial charge in [0.25, 0.3) is 0 Å². The minimum atomic E-state index is -0.580. The summed E-state index contributed by atoms with van der Waals surface area (Å²) in [5.41, 5.74) is 1.97. The predicted octanol–water partition coefficient (Wildman–Crippen LogP) is 3.15. The summed E-state index contributed by atoms with van der Waals surface area (Å²) in [6.07, 6.45) is 0.230. The molecular weight excluding hydrogens is 354 g/mol. The maximum atomic E-state index is 11.1. The molecule has 26 heavy (non-hydrogen) atoms. The summed E-state index contributed by atoms with van der Waals surface area (Å²) < 4.78 is 9.86. The second-order valence-corrected chi connectivity index (χ2v) is 6.53. The van der Waals surface area contributed by atoms with Crippen LogP contribution in [0.5, 0.6) is 5.75 Å². The number of benzene rings is 2. The van der Waals surface area contributed by atoms with Gasteiger partial charge in [-0.2, -0.15) is 0 Å². The first kappa shape index (κ1) is 20.2. The SMILES string of the molecule is COC(=O)COc1ccc(C[C@@H](C)NC[C@H](O)c2ccc(Cl)cc2)cc1. The molecule has 0 aromatic heterocycles. The van der Waals surface area contributed by atoms with Gasteiger partial charge in [0.05, 0.1) is 13.2 Å². The molecule has 0 aliphatic rings. The van der Waals surface area contributed by atoms with Crippen LogP contribution in [0.25, 0.3) is 0 Å².